The first kappa shape index (κ1) is 27.3. The van der Waals surface area contributed by atoms with E-state index in [2.05, 4.69) is 28.2 Å². The lowest BCUT2D eigenvalue weighted by Crippen LogP contribution is -2.26. The summed E-state index contributed by atoms with van der Waals surface area (Å²) >= 11 is 1.37. The molecule has 8 heteroatoms. The zero-order valence-electron chi connectivity index (χ0n) is 19.9. The molecule has 0 aliphatic rings. The molecular weight excluding hydrogens is 424 g/mol. The highest BCUT2D eigenvalue weighted by molar-refractivity contribution is 7.16. The van der Waals surface area contributed by atoms with E-state index >= 15 is 0 Å². The first-order valence-electron chi connectivity index (χ1n) is 10.8. The lowest BCUT2D eigenvalue weighted by Gasteiger charge is -2.15. The lowest BCUT2D eigenvalue weighted by molar-refractivity contribution is -0.107. The average Bonchev–Trinajstić information content (AvgIpc) is 3.13. The van der Waals surface area contributed by atoms with E-state index < -0.39 is 6.03 Å². The summed E-state index contributed by atoms with van der Waals surface area (Å²) in [7, 11) is 1.96. The van der Waals surface area contributed by atoms with E-state index in [0.29, 0.717) is 16.3 Å². The van der Waals surface area contributed by atoms with Crippen molar-refractivity contribution >= 4 is 40.2 Å². The molecule has 0 saturated carbocycles. The van der Waals surface area contributed by atoms with Crippen molar-refractivity contribution in [3.8, 4) is 0 Å². The van der Waals surface area contributed by atoms with Crippen molar-refractivity contribution in [3.05, 3.63) is 46.3 Å². The van der Waals surface area contributed by atoms with Gasteiger partial charge in [0.25, 0.3) is 5.91 Å². The highest BCUT2D eigenvalue weighted by Crippen LogP contribution is 2.36. The normalized spacial score (nSPS) is 10.6. The Bertz CT molecular complexity index is 886. The van der Waals surface area contributed by atoms with Gasteiger partial charge in [-0.3, -0.25) is 10.1 Å². The molecule has 4 N–H and O–H groups in total. The molecule has 0 aliphatic heterocycles. The van der Waals surface area contributed by atoms with Crippen LogP contribution < -0.4 is 21.3 Å². The number of hydrogen-bond acceptors (Lipinski definition) is 5. The van der Waals surface area contributed by atoms with Crippen molar-refractivity contribution < 1.29 is 14.4 Å². The predicted octanol–water partition coefficient (Wildman–Crippen LogP) is 4.93. The molecule has 0 fully saturated rings. The van der Waals surface area contributed by atoms with E-state index in [4.69, 9.17) is 0 Å². The second-order valence-corrected chi connectivity index (χ2v) is 9.42. The Morgan fingerprint density at radius 2 is 1.81 bits per heavy atom. The summed E-state index contributed by atoms with van der Waals surface area (Å²) < 4.78 is 0. The topological polar surface area (TPSA) is 99.3 Å². The van der Waals surface area contributed by atoms with Gasteiger partial charge in [-0.2, -0.15) is 0 Å². The molecule has 2 rings (SSSR count). The van der Waals surface area contributed by atoms with Gasteiger partial charge in [0.1, 0.15) is 11.3 Å². The van der Waals surface area contributed by atoms with Crippen LogP contribution in [0.3, 0.4) is 0 Å². The Morgan fingerprint density at radius 1 is 1.09 bits per heavy atom. The number of nitrogens with one attached hydrogen (secondary N) is 4. The molecule has 0 unspecified atom stereocenters. The van der Waals surface area contributed by atoms with Gasteiger partial charge >= 0.3 is 6.03 Å². The maximum atomic E-state index is 12.5. The van der Waals surface area contributed by atoms with Crippen LogP contribution in [-0.4, -0.2) is 38.4 Å². The minimum Gasteiger partial charge on any atom is -0.352 e. The number of amides is 3. The molecular formula is C24H36N4O3S. The van der Waals surface area contributed by atoms with E-state index in [0.717, 1.165) is 23.3 Å². The molecule has 0 radical (unpaired) electrons. The smallest absolute Gasteiger partial charge is 0.324 e. The molecule has 0 atom stereocenters. The Labute approximate surface area is 195 Å². The summed E-state index contributed by atoms with van der Waals surface area (Å²) in [6, 6.07) is 8.85. The summed E-state index contributed by atoms with van der Waals surface area (Å²) in [4.78, 5) is 36.3. The second-order valence-electron chi connectivity index (χ2n) is 8.37. The van der Waals surface area contributed by atoms with E-state index in [9.17, 15) is 14.4 Å². The fourth-order valence-electron chi connectivity index (χ4n) is 2.60. The zero-order chi connectivity index (χ0) is 24.1. The fraction of sp³-hybridized carbons (Fsp3) is 0.458. The van der Waals surface area contributed by atoms with E-state index in [1.165, 1.54) is 17.8 Å². The summed E-state index contributed by atoms with van der Waals surface area (Å²) in [5, 5.41) is 11.8. The van der Waals surface area contributed by atoms with Crippen LogP contribution >= 0.6 is 11.3 Å². The molecule has 176 valence electrons. The predicted molar refractivity (Wildman–Crippen MR) is 134 cm³/mol. The Hall–Kier alpha value is -2.71. The monoisotopic (exact) mass is 460 g/mol. The molecule has 1 heterocycles. The van der Waals surface area contributed by atoms with Crippen LogP contribution in [0, 0.1) is 6.92 Å². The van der Waals surface area contributed by atoms with Crippen molar-refractivity contribution in [2.75, 3.05) is 30.8 Å². The maximum absolute atomic E-state index is 12.5. The highest BCUT2D eigenvalue weighted by atomic mass is 32.1. The van der Waals surface area contributed by atoms with E-state index in [1.807, 2.05) is 52.9 Å². The summed E-state index contributed by atoms with van der Waals surface area (Å²) in [6.45, 7) is 11.6. The van der Waals surface area contributed by atoms with Crippen LogP contribution in [0.4, 0.5) is 15.5 Å². The van der Waals surface area contributed by atoms with Gasteiger partial charge in [0.05, 0.1) is 5.56 Å². The second kappa shape index (κ2) is 13.6. The first-order valence-corrected chi connectivity index (χ1v) is 11.6. The summed E-state index contributed by atoms with van der Waals surface area (Å²) in [5.74, 6) is -0.311. The van der Waals surface area contributed by atoms with Crippen LogP contribution in [0.25, 0.3) is 0 Å². The molecule has 1 aromatic heterocycles. The van der Waals surface area contributed by atoms with Gasteiger partial charge < -0.3 is 20.7 Å². The molecule has 7 nitrogen and oxygen atoms in total. The number of rotatable bonds is 8. The van der Waals surface area contributed by atoms with Gasteiger partial charge in [-0.15, -0.1) is 11.3 Å². The molecule has 0 bridgehead atoms. The Balaban J connectivity index is 0.000000920. The molecule has 0 spiro atoms. The first-order chi connectivity index (χ1) is 15.1. The standard InChI is InChI=1S/C20H25N3O3S.C4H11N/c1-13-7-5-8-14(11-13)22-19(26)23-18-15(17(25)21-9-6-10-24)12-16(27-18)20(2,3)4;1-3-4-5-2/h5,7-8,10-12H,6,9H2,1-4H3,(H,21,25)(H2,22,23,26);5H,3-4H2,1-2H3. The van der Waals surface area contributed by atoms with Crippen molar-refractivity contribution in [1.29, 1.82) is 0 Å². The maximum Gasteiger partial charge on any atom is 0.324 e. The fourth-order valence-corrected chi connectivity index (χ4v) is 3.71. The third kappa shape index (κ3) is 9.62. The van der Waals surface area contributed by atoms with Gasteiger partial charge in [0, 0.05) is 23.5 Å². The van der Waals surface area contributed by atoms with Crippen molar-refractivity contribution in [2.24, 2.45) is 0 Å². The number of carbonyl (C=O) groups excluding carboxylic acids is 3. The number of thiophene rings is 1. The highest BCUT2D eigenvalue weighted by Gasteiger charge is 2.23. The van der Waals surface area contributed by atoms with Gasteiger partial charge in [0.2, 0.25) is 0 Å². The number of hydrogen-bond donors (Lipinski definition) is 4. The molecule has 3 amide bonds. The van der Waals surface area contributed by atoms with E-state index in [1.54, 1.807) is 12.1 Å². The quantitative estimate of drug-likeness (QED) is 0.331. The van der Waals surface area contributed by atoms with Crippen LogP contribution in [0.1, 0.15) is 61.3 Å². The van der Waals surface area contributed by atoms with Gasteiger partial charge in [-0.1, -0.05) is 39.8 Å². The summed E-state index contributed by atoms with van der Waals surface area (Å²) in [6.07, 6.45) is 2.23. The number of aldehydes is 1. The largest absolute Gasteiger partial charge is 0.352 e. The minimum atomic E-state index is -0.412. The molecule has 2 aromatic rings. The van der Waals surface area contributed by atoms with Crippen LogP contribution in [0.15, 0.2) is 30.3 Å². The zero-order valence-corrected chi connectivity index (χ0v) is 20.7. The van der Waals surface area contributed by atoms with Gasteiger partial charge in [-0.05, 0) is 56.1 Å². The minimum absolute atomic E-state index is 0.157. The van der Waals surface area contributed by atoms with Crippen LogP contribution in [-0.2, 0) is 10.2 Å². The number of carbonyl (C=O) groups is 3. The molecule has 32 heavy (non-hydrogen) atoms. The van der Waals surface area contributed by atoms with Gasteiger partial charge in [0.15, 0.2) is 0 Å². The van der Waals surface area contributed by atoms with Crippen LogP contribution in [0.2, 0.25) is 0 Å². The van der Waals surface area contributed by atoms with E-state index in [-0.39, 0.29) is 24.3 Å². The SMILES string of the molecule is CCCNC.Cc1cccc(NC(=O)Nc2sc(C(C)(C)C)cc2C(=O)NCCC=O)c1. The Kier molecular flexibility index (Phi) is 11.7. The lowest BCUT2D eigenvalue weighted by atomic mass is 9.94. The number of aryl methyl sites for hydroxylation is 1. The van der Waals surface area contributed by atoms with Crippen molar-refractivity contribution in [3.63, 3.8) is 0 Å². The van der Waals surface area contributed by atoms with Crippen molar-refractivity contribution in [1.82, 2.24) is 10.6 Å². The molecule has 0 saturated heterocycles. The molecule has 1 aromatic carbocycles. The third-order valence-corrected chi connectivity index (χ3v) is 5.74. The summed E-state index contributed by atoms with van der Waals surface area (Å²) in [5.41, 5.74) is 1.96. The van der Waals surface area contributed by atoms with Crippen molar-refractivity contribution in [2.45, 2.75) is 52.9 Å². The number of anilines is 2. The average molecular weight is 461 g/mol. The van der Waals surface area contributed by atoms with Crippen LogP contribution in [0.5, 0.6) is 0 Å². The Morgan fingerprint density at radius 3 is 2.34 bits per heavy atom. The third-order valence-electron chi connectivity index (χ3n) is 4.27. The number of benzene rings is 1. The number of urea groups is 1. The molecule has 0 aliphatic carbocycles. The van der Waals surface area contributed by atoms with Gasteiger partial charge in [-0.25, -0.2) is 4.79 Å².